The quantitative estimate of drug-likeness (QED) is 0.762. The number of halogens is 1. The maximum Gasteiger partial charge on any atom is 0.270 e. The third-order valence-corrected chi connectivity index (χ3v) is 4.45. The van der Waals surface area contributed by atoms with E-state index in [4.69, 9.17) is 11.6 Å². The molecule has 1 N–H and O–H groups in total. The largest absolute Gasteiger partial charge is 0.350 e. The molecule has 2 heterocycles. The van der Waals surface area contributed by atoms with Crippen molar-refractivity contribution in [3.05, 3.63) is 70.4 Å². The third-order valence-electron chi connectivity index (χ3n) is 4.22. The molecule has 0 atom stereocenters. The monoisotopic (exact) mass is 310 g/mol. The highest BCUT2D eigenvalue weighted by Gasteiger charge is 2.27. The fourth-order valence-electron chi connectivity index (χ4n) is 3.12. The average molecular weight is 311 g/mol. The molecule has 22 heavy (non-hydrogen) atoms. The van der Waals surface area contributed by atoms with Gasteiger partial charge in [-0.15, -0.1) is 0 Å². The van der Waals surface area contributed by atoms with E-state index in [1.54, 1.807) is 0 Å². The number of rotatable bonds is 2. The Morgan fingerprint density at radius 1 is 1.14 bits per heavy atom. The van der Waals surface area contributed by atoms with Gasteiger partial charge < -0.3 is 9.88 Å². The molecular formula is C18H15ClN2O. The normalized spacial score (nSPS) is 14.4. The third kappa shape index (κ3) is 2.18. The van der Waals surface area contributed by atoms with Crippen LogP contribution in [-0.2, 0) is 13.0 Å². The van der Waals surface area contributed by atoms with E-state index < -0.39 is 0 Å². The molecule has 3 aromatic rings. The minimum absolute atomic E-state index is 0.0671. The van der Waals surface area contributed by atoms with Gasteiger partial charge in [0.25, 0.3) is 5.91 Å². The number of nitrogens with zero attached hydrogens (tertiary/aromatic N) is 1. The fraction of sp³-hybridized carbons (Fsp3) is 0.167. The zero-order chi connectivity index (χ0) is 15.1. The van der Waals surface area contributed by atoms with Crippen molar-refractivity contribution in [2.24, 2.45) is 0 Å². The molecule has 3 nitrogen and oxygen atoms in total. The van der Waals surface area contributed by atoms with E-state index in [-0.39, 0.29) is 5.91 Å². The zero-order valence-electron chi connectivity index (χ0n) is 12.0. The molecule has 0 aliphatic carbocycles. The van der Waals surface area contributed by atoms with Crippen LogP contribution in [0.4, 0.5) is 0 Å². The highest BCUT2D eigenvalue weighted by molar-refractivity contribution is 6.31. The second-order valence-corrected chi connectivity index (χ2v) is 6.07. The van der Waals surface area contributed by atoms with Crippen LogP contribution >= 0.6 is 11.6 Å². The van der Waals surface area contributed by atoms with Gasteiger partial charge in [0.2, 0.25) is 0 Å². The SMILES string of the molecule is O=C1c2[nH]c3ccc(Cl)cc3c2CCN1Cc1ccccc1. The van der Waals surface area contributed by atoms with Gasteiger partial charge in [-0.1, -0.05) is 41.9 Å². The molecule has 0 bridgehead atoms. The lowest BCUT2D eigenvalue weighted by Crippen LogP contribution is -2.36. The van der Waals surface area contributed by atoms with Crippen LogP contribution < -0.4 is 0 Å². The van der Waals surface area contributed by atoms with E-state index in [1.807, 2.05) is 53.4 Å². The van der Waals surface area contributed by atoms with Gasteiger partial charge in [-0.25, -0.2) is 0 Å². The van der Waals surface area contributed by atoms with Crippen molar-refractivity contribution < 1.29 is 4.79 Å². The van der Waals surface area contributed by atoms with Gasteiger partial charge in [-0.05, 0) is 35.7 Å². The zero-order valence-corrected chi connectivity index (χ0v) is 12.7. The molecule has 1 aromatic heterocycles. The van der Waals surface area contributed by atoms with Crippen LogP contribution in [0.2, 0.25) is 5.02 Å². The molecule has 4 rings (SSSR count). The van der Waals surface area contributed by atoms with Crippen LogP contribution in [0.3, 0.4) is 0 Å². The maximum atomic E-state index is 12.7. The highest BCUT2D eigenvalue weighted by atomic mass is 35.5. The van der Waals surface area contributed by atoms with E-state index in [2.05, 4.69) is 4.98 Å². The lowest BCUT2D eigenvalue weighted by Gasteiger charge is -2.27. The van der Waals surface area contributed by atoms with Crippen molar-refractivity contribution in [3.8, 4) is 0 Å². The van der Waals surface area contributed by atoms with Gasteiger partial charge in [-0.3, -0.25) is 4.79 Å². The smallest absolute Gasteiger partial charge is 0.270 e. The topological polar surface area (TPSA) is 36.1 Å². The van der Waals surface area contributed by atoms with Crippen LogP contribution in [0.25, 0.3) is 10.9 Å². The van der Waals surface area contributed by atoms with Crippen molar-refractivity contribution >= 4 is 28.4 Å². The van der Waals surface area contributed by atoms with Gasteiger partial charge in [-0.2, -0.15) is 0 Å². The van der Waals surface area contributed by atoms with Crippen LogP contribution in [0.5, 0.6) is 0 Å². The first-order chi connectivity index (χ1) is 10.7. The summed E-state index contributed by atoms with van der Waals surface area (Å²) in [5, 5.41) is 1.77. The molecule has 4 heteroatoms. The Kier molecular flexibility index (Phi) is 3.16. The Hall–Kier alpha value is -2.26. The number of benzene rings is 2. The van der Waals surface area contributed by atoms with E-state index >= 15 is 0 Å². The second kappa shape index (κ2) is 5.18. The number of carbonyl (C=O) groups is 1. The van der Waals surface area contributed by atoms with Crippen LogP contribution in [0.15, 0.2) is 48.5 Å². The van der Waals surface area contributed by atoms with Crippen molar-refractivity contribution in [1.29, 1.82) is 0 Å². The number of fused-ring (bicyclic) bond motifs is 3. The fourth-order valence-corrected chi connectivity index (χ4v) is 3.30. The first kappa shape index (κ1) is 13.4. The summed E-state index contributed by atoms with van der Waals surface area (Å²) >= 11 is 6.08. The predicted molar refractivity (Wildman–Crippen MR) is 88.2 cm³/mol. The minimum atomic E-state index is 0.0671. The lowest BCUT2D eigenvalue weighted by atomic mass is 10.0. The Labute approximate surface area is 133 Å². The van der Waals surface area contributed by atoms with Gasteiger partial charge in [0.1, 0.15) is 5.69 Å². The summed E-state index contributed by atoms with van der Waals surface area (Å²) < 4.78 is 0. The lowest BCUT2D eigenvalue weighted by molar-refractivity contribution is 0.0722. The van der Waals surface area contributed by atoms with Crippen molar-refractivity contribution in [2.45, 2.75) is 13.0 Å². The van der Waals surface area contributed by atoms with Crippen molar-refractivity contribution in [3.63, 3.8) is 0 Å². The number of carbonyl (C=O) groups excluding carboxylic acids is 1. The molecule has 0 saturated heterocycles. The summed E-state index contributed by atoms with van der Waals surface area (Å²) in [5.41, 5.74) is 3.93. The Morgan fingerprint density at radius 2 is 1.95 bits per heavy atom. The molecular weight excluding hydrogens is 296 g/mol. The van der Waals surface area contributed by atoms with Crippen molar-refractivity contribution in [1.82, 2.24) is 9.88 Å². The summed E-state index contributed by atoms with van der Waals surface area (Å²) in [5.74, 6) is 0.0671. The number of aromatic nitrogens is 1. The van der Waals surface area contributed by atoms with Crippen LogP contribution in [0, 0.1) is 0 Å². The summed E-state index contributed by atoms with van der Waals surface area (Å²) in [6, 6.07) is 15.8. The Morgan fingerprint density at radius 3 is 2.77 bits per heavy atom. The minimum Gasteiger partial charge on any atom is -0.350 e. The van der Waals surface area contributed by atoms with Crippen molar-refractivity contribution in [2.75, 3.05) is 6.54 Å². The Balaban J connectivity index is 1.70. The number of hydrogen-bond donors (Lipinski definition) is 1. The Bertz CT molecular complexity index is 854. The molecule has 0 spiro atoms. The molecule has 1 aliphatic rings. The first-order valence-corrected chi connectivity index (χ1v) is 7.73. The first-order valence-electron chi connectivity index (χ1n) is 7.35. The molecule has 1 aliphatic heterocycles. The van der Waals surface area contributed by atoms with Gasteiger partial charge >= 0.3 is 0 Å². The molecule has 0 fully saturated rings. The predicted octanol–water partition coefficient (Wildman–Crippen LogP) is 4.02. The molecule has 1 amide bonds. The molecule has 0 unspecified atom stereocenters. The number of hydrogen-bond acceptors (Lipinski definition) is 1. The van der Waals surface area contributed by atoms with E-state index in [9.17, 15) is 4.79 Å². The number of amides is 1. The van der Waals surface area contributed by atoms with Gasteiger partial charge in [0, 0.05) is 29.0 Å². The van der Waals surface area contributed by atoms with Crippen LogP contribution in [0.1, 0.15) is 21.6 Å². The number of H-pyrrole nitrogens is 1. The maximum absolute atomic E-state index is 12.7. The second-order valence-electron chi connectivity index (χ2n) is 5.63. The summed E-state index contributed by atoms with van der Waals surface area (Å²) in [7, 11) is 0. The number of nitrogens with one attached hydrogen (secondary N) is 1. The van der Waals surface area contributed by atoms with E-state index in [1.165, 1.54) is 0 Å². The molecule has 2 aromatic carbocycles. The summed E-state index contributed by atoms with van der Waals surface area (Å²) in [4.78, 5) is 17.9. The summed E-state index contributed by atoms with van der Waals surface area (Å²) in [6.45, 7) is 1.38. The van der Waals surface area contributed by atoms with Gasteiger partial charge in [0.05, 0.1) is 0 Å². The molecule has 0 radical (unpaired) electrons. The van der Waals surface area contributed by atoms with E-state index in [0.29, 0.717) is 17.3 Å². The molecule has 110 valence electrons. The highest BCUT2D eigenvalue weighted by Crippen LogP contribution is 2.30. The van der Waals surface area contributed by atoms with Crippen LogP contribution in [-0.4, -0.2) is 22.3 Å². The molecule has 0 saturated carbocycles. The standard InChI is InChI=1S/C18H15ClN2O/c19-13-6-7-16-15(10-13)14-8-9-21(18(22)17(14)20-16)11-12-4-2-1-3-5-12/h1-7,10,20H,8-9,11H2. The van der Waals surface area contributed by atoms with E-state index in [0.717, 1.165) is 35.0 Å². The average Bonchev–Trinajstić information content (AvgIpc) is 2.90. The van der Waals surface area contributed by atoms with Gasteiger partial charge in [0.15, 0.2) is 0 Å². The summed E-state index contributed by atoms with van der Waals surface area (Å²) in [6.07, 6.45) is 0.855. The number of aromatic amines is 1.